The van der Waals surface area contributed by atoms with E-state index in [1.54, 1.807) is 9.80 Å². The lowest BCUT2D eigenvalue weighted by atomic mass is 10.1. The Kier molecular flexibility index (Phi) is 7.81. The topological polar surface area (TPSA) is 51.2 Å². The molecule has 1 amide bonds. The smallest absolute Gasteiger partial charge is 0.253 e. The largest absolute Gasteiger partial charge is 0.486 e. The van der Waals surface area contributed by atoms with Gasteiger partial charge in [0.1, 0.15) is 19.3 Å². The molecule has 2 aliphatic rings. The molecule has 0 spiro atoms. The van der Waals surface area contributed by atoms with Crippen molar-refractivity contribution in [1.82, 2.24) is 9.80 Å². The lowest BCUT2D eigenvalue weighted by Crippen LogP contribution is -2.51. The maximum absolute atomic E-state index is 14.2. The Morgan fingerprint density at radius 3 is 2.40 bits per heavy atom. The van der Waals surface area contributed by atoms with Crippen LogP contribution >= 0.6 is 0 Å². The summed E-state index contributed by atoms with van der Waals surface area (Å²) in [6.45, 7) is 5.73. The molecule has 10 heteroatoms. The molecule has 1 unspecified atom stereocenters. The Bertz CT molecular complexity index is 1060. The third-order valence-corrected chi connectivity index (χ3v) is 5.89. The van der Waals surface area contributed by atoms with E-state index in [1.165, 1.54) is 0 Å². The molecular formula is C25H28F4N2O4. The van der Waals surface area contributed by atoms with Gasteiger partial charge in [-0.25, -0.2) is 17.6 Å². The highest BCUT2D eigenvalue weighted by atomic mass is 19.2. The molecule has 0 bridgehead atoms. The van der Waals surface area contributed by atoms with Gasteiger partial charge in [-0.3, -0.25) is 9.69 Å². The van der Waals surface area contributed by atoms with Gasteiger partial charge in [0.2, 0.25) is 0 Å². The minimum Gasteiger partial charge on any atom is -0.486 e. The molecule has 2 aliphatic heterocycles. The maximum Gasteiger partial charge on any atom is 0.253 e. The number of morpholine rings is 1. The fourth-order valence-corrected chi connectivity index (χ4v) is 4.26. The van der Waals surface area contributed by atoms with Crippen LogP contribution in [0, 0.1) is 29.2 Å². The van der Waals surface area contributed by atoms with Crippen LogP contribution in [0.25, 0.3) is 0 Å². The van der Waals surface area contributed by atoms with E-state index in [0.717, 1.165) is 5.56 Å². The van der Waals surface area contributed by atoms with Gasteiger partial charge in [-0.1, -0.05) is 19.9 Å². The molecule has 2 heterocycles. The van der Waals surface area contributed by atoms with Gasteiger partial charge in [-0.2, -0.15) is 0 Å². The SMILES string of the molecule is CC(C)CN(Cc1ccc2c(c1)OCCO2)C(=O)C1CN(Cc2c(F)c(F)cc(F)c2F)CCO1. The Balaban J connectivity index is 1.48. The fraction of sp³-hybridized carbons (Fsp3) is 0.480. The number of hydrogen-bond acceptors (Lipinski definition) is 5. The predicted molar refractivity (Wildman–Crippen MR) is 119 cm³/mol. The van der Waals surface area contributed by atoms with Crippen LogP contribution in [0.3, 0.4) is 0 Å². The van der Waals surface area contributed by atoms with E-state index in [1.807, 2.05) is 32.0 Å². The van der Waals surface area contributed by atoms with Gasteiger partial charge in [0.05, 0.1) is 6.61 Å². The number of carbonyl (C=O) groups excluding carboxylic acids is 1. The molecule has 1 saturated heterocycles. The third-order valence-electron chi connectivity index (χ3n) is 5.89. The van der Waals surface area contributed by atoms with Crippen LogP contribution in [-0.4, -0.2) is 61.3 Å². The van der Waals surface area contributed by atoms with Crippen molar-refractivity contribution >= 4 is 5.91 Å². The first-order valence-electron chi connectivity index (χ1n) is 11.6. The van der Waals surface area contributed by atoms with Gasteiger partial charge < -0.3 is 19.1 Å². The predicted octanol–water partition coefficient (Wildman–Crippen LogP) is 3.90. The summed E-state index contributed by atoms with van der Waals surface area (Å²) < 4.78 is 72.4. The van der Waals surface area contributed by atoms with Crippen LogP contribution in [0.5, 0.6) is 11.5 Å². The van der Waals surface area contributed by atoms with Crippen LogP contribution < -0.4 is 9.47 Å². The highest BCUT2D eigenvalue weighted by Crippen LogP contribution is 2.31. The van der Waals surface area contributed by atoms with E-state index in [-0.39, 0.29) is 44.1 Å². The number of ether oxygens (including phenoxy) is 3. The molecule has 6 nitrogen and oxygen atoms in total. The summed E-state index contributed by atoms with van der Waals surface area (Å²) in [5.74, 6) is -4.60. The summed E-state index contributed by atoms with van der Waals surface area (Å²) in [7, 11) is 0. The van der Waals surface area contributed by atoms with Crippen molar-refractivity contribution in [2.75, 3.05) is 39.5 Å². The Hall–Kier alpha value is -2.85. The molecule has 190 valence electrons. The van der Waals surface area contributed by atoms with Gasteiger partial charge in [0.25, 0.3) is 5.91 Å². The Labute approximate surface area is 201 Å². The fourth-order valence-electron chi connectivity index (χ4n) is 4.26. The quantitative estimate of drug-likeness (QED) is 0.430. The molecule has 1 fully saturated rings. The van der Waals surface area contributed by atoms with Crippen LogP contribution in [0.4, 0.5) is 17.6 Å². The lowest BCUT2D eigenvalue weighted by Gasteiger charge is -2.35. The molecule has 35 heavy (non-hydrogen) atoms. The average molecular weight is 497 g/mol. The molecule has 1 atom stereocenters. The minimum atomic E-state index is -1.46. The summed E-state index contributed by atoms with van der Waals surface area (Å²) in [4.78, 5) is 16.7. The van der Waals surface area contributed by atoms with Crippen molar-refractivity contribution in [2.24, 2.45) is 5.92 Å². The van der Waals surface area contributed by atoms with E-state index >= 15 is 0 Å². The zero-order chi connectivity index (χ0) is 25.1. The summed E-state index contributed by atoms with van der Waals surface area (Å²) in [5.41, 5.74) is 0.154. The molecule has 0 radical (unpaired) electrons. The molecule has 0 N–H and O–H groups in total. The van der Waals surface area contributed by atoms with E-state index in [4.69, 9.17) is 14.2 Å². The maximum atomic E-state index is 14.2. The number of nitrogens with zero attached hydrogens (tertiary/aromatic N) is 2. The number of halogens is 4. The number of fused-ring (bicyclic) bond motifs is 1. The van der Waals surface area contributed by atoms with Crippen LogP contribution in [0.15, 0.2) is 24.3 Å². The first kappa shape index (κ1) is 25.2. The second-order valence-corrected chi connectivity index (χ2v) is 9.13. The highest BCUT2D eigenvalue weighted by Gasteiger charge is 2.32. The van der Waals surface area contributed by atoms with Gasteiger partial charge >= 0.3 is 0 Å². The Morgan fingerprint density at radius 1 is 1.03 bits per heavy atom. The van der Waals surface area contributed by atoms with Gasteiger partial charge in [0, 0.05) is 44.4 Å². The minimum absolute atomic E-state index is 0.0333. The number of hydrogen-bond donors (Lipinski definition) is 0. The first-order valence-corrected chi connectivity index (χ1v) is 11.6. The molecule has 0 aromatic heterocycles. The zero-order valence-electron chi connectivity index (χ0n) is 19.7. The zero-order valence-corrected chi connectivity index (χ0v) is 19.7. The number of rotatable bonds is 7. The lowest BCUT2D eigenvalue weighted by molar-refractivity contribution is -0.151. The van der Waals surface area contributed by atoms with Crippen molar-refractivity contribution in [3.63, 3.8) is 0 Å². The molecule has 0 aliphatic carbocycles. The first-order chi connectivity index (χ1) is 16.7. The van der Waals surface area contributed by atoms with Gasteiger partial charge in [-0.05, 0) is 23.6 Å². The second kappa shape index (κ2) is 10.8. The van der Waals surface area contributed by atoms with E-state index in [0.29, 0.717) is 37.8 Å². The van der Waals surface area contributed by atoms with Crippen molar-refractivity contribution in [3.05, 3.63) is 58.7 Å². The monoisotopic (exact) mass is 496 g/mol. The summed E-state index contributed by atoms with van der Waals surface area (Å²) >= 11 is 0. The van der Waals surface area contributed by atoms with Crippen LogP contribution in [0.2, 0.25) is 0 Å². The summed E-state index contributed by atoms with van der Waals surface area (Å²) in [6, 6.07) is 5.70. The molecule has 0 saturated carbocycles. The van der Waals surface area contributed by atoms with Crippen LogP contribution in [0.1, 0.15) is 25.0 Å². The van der Waals surface area contributed by atoms with Gasteiger partial charge in [-0.15, -0.1) is 0 Å². The van der Waals surface area contributed by atoms with Crippen molar-refractivity contribution in [1.29, 1.82) is 0 Å². The van der Waals surface area contributed by atoms with Crippen molar-refractivity contribution in [2.45, 2.75) is 33.0 Å². The number of carbonyl (C=O) groups is 1. The summed E-state index contributed by atoms with van der Waals surface area (Å²) in [6.07, 6.45) is -0.885. The average Bonchev–Trinajstić information content (AvgIpc) is 2.84. The van der Waals surface area contributed by atoms with Crippen molar-refractivity contribution < 1.29 is 36.6 Å². The number of benzene rings is 2. The molecular weight excluding hydrogens is 468 g/mol. The molecule has 2 aromatic rings. The van der Waals surface area contributed by atoms with E-state index < -0.39 is 34.9 Å². The van der Waals surface area contributed by atoms with E-state index in [9.17, 15) is 22.4 Å². The highest BCUT2D eigenvalue weighted by molar-refractivity contribution is 5.81. The number of amides is 1. The summed E-state index contributed by atoms with van der Waals surface area (Å²) in [5, 5.41) is 0. The second-order valence-electron chi connectivity index (χ2n) is 9.13. The standard InChI is InChI=1S/C25H28F4N2O4/c1-15(2)11-31(12-16-3-4-20-21(9-16)35-8-7-34-20)25(32)22-14-30(5-6-33-22)13-17-23(28)18(26)10-19(27)24(17)29/h3-4,9-10,15,22H,5-8,11-14H2,1-2H3. The van der Waals surface area contributed by atoms with Gasteiger partial charge in [0.15, 0.2) is 34.8 Å². The Morgan fingerprint density at radius 2 is 1.71 bits per heavy atom. The molecule has 4 rings (SSSR count). The van der Waals surface area contributed by atoms with Crippen LogP contribution in [-0.2, 0) is 22.6 Å². The van der Waals surface area contributed by atoms with E-state index in [2.05, 4.69) is 0 Å². The third kappa shape index (κ3) is 5.87. The van der Waals surface area contributed by atoms with Crippen molar-refractivity contribution in [3.8, 4) is 11.5 Å². The molecule has 2 aromatic carbocycles. The normalized spacial score (nSPS) is 18.1.